The van der Waals surface area contributed by atoms with E-state index in [4.69, 9.17) is 23.2 Å². The van der Waals surface area contributed by atoms with Crippen LogP contribution in [0.1, 0.15) is 41.7 Å². The van der Waals surface area contributed by atoms with Crippen LogP contribution in [0, 0.1) is 26.7 Å². The average molecular weight is 695 g/mol. The molecular weight excluding hydrogens is 653 g/mol. The van der Waals surface area contributed by atoms with E-state index in [9.17, 15) is 18.0 Å². The Morgan fingerprint density at radius 1 is 0.787 bits per heavy atom. The number of halogens is 2. The third-order valence-corrected chi connectivity index (χ3v) is 10.3. The fourth-order valence-corrected chi connectivity index (χ4v) is 7.05. The standard InChI is InChI=1S/C37H41Cl2N3O4S/c1-25(2)22-40-37(44)35(21-29-9-7-6-8-10-29)41(23-30-14-17-32(38)33(39)20-30)36(43)24-42(34-18-13-27(4)19-28(34)5)47(45,46)31-15-11-26(3)12-16-31/h6-20,25,35H,21-24H2,1-5H3,(H,40,44)/t35-/m0/s1. The Labute approximate surface area is 288 Å². The number of aryl methyl sites for hydroxylation is 3. The SMILES string of the molecule is Cc1ccc(S(=O)(=O)N(CC(=O)N(Cc2ccc(Cl)c(Cl)c2)[C@@H](Cc2ccccc2)C(=O)NCC(C)C)c2ccc(C)cc2C)cc1. The van der Waals surface area contributed by atoms with Gasteiger partial charge in [0, 0.05) is 19.5 Å². The van der Waals surface area contributed by atoms with Crippen LogP contribution in [0.15, 0.2) is 95.9 Å². The molecule has 0 bridgehead atoms. The first kappa shape index (κ1) is 36.0. The summed E-state index contributed by atoms with van der Waals surface area (Å²) >= 11 is 12.6. The molecule has 0 aliphatic rings. The lowest BCUT2D eigenvalue weighted by molar-refractivity contribution is -0.140. The van der Waals surface area contributed by atoms with Crippen LogP contribution in [0.25, 0.3) is 0 Å². The van der Waals surface area contributed by atoms with Crippen molar-refractivity contribution in [2.24, 2.45) is 5.92 Å². The van der Waals surface area contributed by atoms with E-state index in [-0.39, 0.29) is 29.7 Å². The molecule has 4 rings (SSSR count). The Hall–Kier alpha value is -3.85. The molecule has 248 valence electrons. The van der Waals surface area contributed by atoms with Crippen molar-refractivity contribution in [3.05, 3.63) is 129 Å². The van der Waals surface area contributed by atoms with E-state index < -0.39 is 28.5 Å². The topological polar surface area (TPSA) is 86.8 Å². The number of sulfonamides is 1. The van der Waals surface area contributed by atoms with E-state index in [0.29, 0.717) is 33.4 Å². The fourth-order valence-electron chi connectivity index (χ4n) is 5.25. The van der Waals surface area contributed by atoms with Gasteiger partial charge >= 0.3 is 0 Å². The highest BCUT2D eigenvalue weighted by molar-refractivity contribution is 7.92. The minimum absolute atomic E-state index is 0.00633. The van der Waals surface area contributed by atoms with Gasteiger partial charge in [0.25, 0.3) is 10.0 Å². The molecule has 0 spiro atoms. The van der Waals surface area contributed by atoms with Crippen molar-refractivity contribution < 1.29 is 18.0 Å². The largest absolute Gasteiger partial charge is 0.354 e. The highest BCUT2D eigenvalue weighted by Gasteiger charge is 2.35. The summed E-state index contributed by atoms with van der Waals surface area (Å²) in [5.74, 6) is -0.710. The van der Waals surface area contributed by atoms with E-state index in [1.807, 2.05) is 77.1 Å². The molecule has 4 aromatic carbocycles. The molecule has 2 amide bonds. The van der Waals surface area contributed by atoms with Crippen LogP contribution >= 0.6 is 23.2 Å². The number of rotatable bonds is 13. The highest BCUT2D eigenvalue weighted by atomic mass is 35.5. The average Bonchev–Trinajstić information content (AvgIpc) is 3.03. The van der Waals surface area contributed by atoms with Gasteiger partial charge < -0.3 is 10.2 Å². The quantitative estimate of drug-likeness (QED) is 0.157. The van der Waals surface area contributed by atoms with Crippen LogP contribution in [0.5, 0.6) is 0 Å². The number of anilines is 1. The second-order valence-corrected chi connectivity index (χ2v) is 14.9. The molecule has 10 heteroatoms. The number of carbonyl (C=O) groups excluding carboxylic acids is 2. The summed E-state index contributed by atoms with van der Waals surface area (Å²) in [7, 11) is -4.20. The van der Waals surface area contributed by atoms with Gasteiger partial charge in [0.05, 0.1) is 20.6 Å². The van der Waals surface area contributed by atoms with Crippen molar-refractivity contribution in [2.75, 3.05) is 17.4 Å². The monoisotopic (exact) mass is 693 g/mol. The Bertz CT molecular complexity index is 1810. The van der Waals surface area contributed by atoms with E-state index >= 15 is 0 Å². The van der Waals surface area contributed by atoms with Gasteiger partial charge in [-0.15, -0.1) is 0 Å². The summed E-state index contributed by atoms with van der Waals surface area (Å²) in [6, 6.07) is 25.4. The van der Waals surface area contributed by atoms with Gasteiger partial charge in [-0.3, -0.25) is 13.9 Å². The normalized spacial score (nSPS) is 12.1. The lowest BCUT2D eigenvalue weighted by Gasteiger charge is -2.34. The maximum atomic E-state index is 14.6. The third-order valence-electron chi connectivity index (χ3n) is 7.80. The Morgan fingerprint density at radius 3 is 2.06 bits per heavy atom. The number of hydrogen-bond acceptors (Lipinski definition) is 4. The van der Waals surface area contributed by atoms with Crippen molar-refractivity contribution in [1.29, 1.82) is 0 Å². The molecule has 1 N–H and O–H groups in total. The number of nitrogens with zero attached hydrogens (tertiary/aromatic N) is 2. The Morgan fingerprint density at radius 2 is 1.45 bits per heavy atom. The van der Waals surface area contributed by atoms with Crippen molar-refractivity contribution in [3.8, 4) is 0 Å². The minimum Gasteiger partial charge on any atom is -0.354 e. The number of benzene rings is 4. The summed E-state index contributed by atoms with van der Waals surface area (Å²) in [6.07, 6.45) is 0.214. The molecular formula is C37H41Cl2N3O4S. The summed E-state index contributed by atoms with van der Waals surface area (Å²) < 4.78 is 29.7. The number of nitrogens with one attached hydrogen (secondary N) is 1. The predicted molar refractivity (Wildman–Crippen MR) is 190 cm³/mol. The van der Waals surface area contributed by atoms with Gasteiger partial charge in [-0.1, -0.05) is 109 Å². The molecule has 4 aromatic rings. The predicted octanol–water partition coefficient (Wildman–Crippen LogP) is 7.53. The van der Waals surface area contributed by atoms with Crippen molar-refractivity contribution in [3.63, 3.8) is 0 Å². The molecule has 0 aliphatic carbocycles. The van der Waals surface area contributed by atoms with E-state index in [1.165, 1.54) is 17.0 Å². The van der Waals surface area contributed by atoms with Gasteiger partial charge in [-0.25, -0.2) is 8.42 Å². The Balaban J connectivity index is 1.84. The zero-order chi connectivity index (χ0) is 34.3. The molecule has 1 atom stereocenters. The molecule has 0 saturated carbocycles. The summed E-state index contributed by atoms with van der Waals surface area (Å²) in [5.41, 5.74) is 4.42. The van der Waals surface area contributed by atoms with Crippen molar-refractivity contribution in [2.45, 2.75) is 58.5 Å². The van der Waals surface area contributed by atoms with Crippen LogP contribution in [-0.4, -0.2) is 44.3 Å². The second-order valence-electron chi connectivity index (χ2n) is 12.2. The summed E-state index contributed by atoms with van der Waals surface area (Å²) in [4.78, 5) is 30.1. The molecule has 0 saturated heterocycles. The van der Waals surface area contributed by atoms with Gasteiger partial charge in [-0.05, 0) is 73.7 Å². The highest BCUT2D eigenvalue weighted by Crippen LogP contribution is 2.29. The van der Waals surface area contributed by atoms with Gasteiger partial charge in [0.2, 0.25) is 11.8 Å². The lowest BCUT2D eigenvalue weighted by atomic mass is 10.0. The van der Waals surface area contributed by atoms with Crippen LogP contribution in [0.3, 0.4) is 0 Å². The van der Waals surface area contributed by atoms with Crippen molar-refractivity contribution in [1.82, 2.24) is 10.2 Å². The van der Waals surface area contributed by atoms with Crippen LogP contribution in [0.4, 0.5) is 5.69 Å². The first-order chi connectivity index (χ1) is 22.3. The van der Waals surface area contributed by atoms with E-state index in [0.717, 1.165) is 21.0 Å². The number of amides is 2. The second kappa shape index (κ2) is 15.8. The number of carbonyl (C=O) groups is 2. The summed E-state index contributed by atoms with van der Waals surface area (Å²) in [5, 5.41) is 3.65. The molecule has 0 aromatic heterocycles. The minimum atomic E-state index is -4.20. The lowest BCUT2D eigenvalue weighted by Crippen LogP contribution is -2.53. The third kappa shape index (κ3) is 9.37. The zero-order valence-corrected chi connectivity index (χ0v) is 29.7. The maximum Gasteiger partial charge on any atom is 0.264 e. The van der Waals surface area contributed by atoms with E-state index in [1.54, 1.807) is 36.4 Å². The smallest absolute Gasteiger partial charge is 0.264 e. The molecule has 0 heterocycles. The molecule has 0 fully saturated rings. The number of hydrogen-bond donors (Lipinski definition) is 1. The molecule has 7 nitrogen and oxygen atoms in total. The first-order valence-corrected chi connectivity index (χ1v) is 17.7. The molecule has 47 heavy (non-hydrogen) atoms. The first-order valence-electron chi connectivity index (χ1n) is 15.5. The molecule has 0 aliphatic heterocycles. The maximum absolute atomic E-state index is 14.6. The van der Waals surface area contributed by atoms with E-state index in [2.05, 4.69) is 5.32 Å². The zero-order valence-electron chi connectivity index (χ0n) is 27.3. The van der Waals surface area contributed by atoms with Crippen LogP contribution in [-0.2, 0) is 32.6 Å². The van der Waals surface area contributed by atoms with Crippen molar-refractivity contribution >= 4 is 50.7 Å². The fraction of sp³-hybridized carbons (Fsp3) is 0.297. The van der Waals surface area contributed by atoms with Crippen LogP contribution < -0.4 is 9.62 Å². The van der Waals surface area contributed by atoms with Crippen LogP contribution in [0.2, 0.25) is 10.0 Å². The summed E-state index contributed by atoms with van der Waals surface area (Å²) in [6.45, 7) is 9.46. The molecule has 0 unspecified atom stereocenters. The Kier molecular flexibility index (Phi) is 12.1. The van der Waals surface area contributed by atoms with Gasteiger partial charge in [-0.2, -0.15) is 0 Å². The van der Waals surface area contributed by atoms with Gasteiger partial charge in [0.1, 0.15) is 12.6 Å². The molecule has 0 radical (unpaired) electrons. The van der Waals surface area contributed by atoms with Gasteiger partial charge in [0.15, 0.2) is 0 Å².